The molecular formula is C23H22N3O+. The number of benzene rings is 3. The molecule has 3 aromatic carbocycles. The maximum absolute atomic E-state index is 12.7. The van der Waals surface area contributed by atoms with Crippen molar-refractivity contribution in [1.29, 1.82) is 5.26 Å². The summed E-state index contributed by atoms with van der Waals surface area (Å²) in [7, 11) is 0. The molecule has 134 valence electrons. The van der Waals surface area contributed by atoms with Gasteiger partial charge in [-0.1, -0.05) is 48.5 Å². The van der Waals surface area contributed by atoms with E-state index in [1.807, 2.05) is 4.90 Å². The molecule has 1 N–H and O–H groups in total. The van der Waals surface area contributed by atoms with Gasteiger partial charge in [-0.05, 0) is 29.0 Å². The van der Waals surface area contributed by atoms with Crippen LogP contribution in [0.15, 0.2) is 66.7 Å². The lowest BCUT2D eigenvalue weighted by Gasteiger charge is -2.32. The highest BCUT2D eigenvalue weighted by Crippen LogP contribution is 2.17. The molecule has 0 aromatic heterocycles. The summed E-state index contributed by atoms with van der Waals surface area (Å²) in [5.41, 5.74) is 2.50. The SMILES string of the molecule is N#Cc1cccc(C(=O)N2CC[NH+](Cc3cccc4ccccc34)CC2)c1. The summed E-state index contributed by atoms with van der Waals surface area (Å²) in [6.45, 7) is 4.35. The van der Waals surface area contributed by atoms with Crippen molar-refractivity contribution in [3.63, 3.8) is 0 Å². The second-order valence-corrected chi connectivity index (χ2v) is 7.05. The molecule has 0 unspecified atom stereocenters. The van der Waals surface area contributed by atoms with Crippen LogP contribution in [0.1, 0.15) is 21.5 Å². The van der Waals surface area contributed by atoms with E-state index in [0.717, 1.165) is 32.7 Å². The Morgan fingerprint density at radius 3 is 2.56 bits per heavy atom. The smallest absolute Gasteiger partial charge is 0.254 e. The van der Waals surface area contributed by atoms with Crippen molar-refractivity contribution in [1.82, 2.24) is 4.90 Å². The molecule has 1 saturated heterocycles. The lowest BCUT2D eigenvalue weighted by atomic mass is 10.0. The first-order valence-electron chi connectivity index (χ1n) is 9.34. The molecule has 0 bridgehead atoms. The Bertz CT molecular complexity index is 1010. The van der Waals surface area contributed by atoms with Crippen molar-refractivity contribution < 1.29 is 9.69 Å². The number of piperazine rings is 1. The average Bonchev–Trinajstić information content (AvgIpc) is 2.74. The Hall–Kier alpha value is -3.16. The van der Waals surface area contributed by atoms with Crippen molar-refractivity contribution in [2.24, 2.45) is 0 Å². The van der Waals surface area contributed by atoms with E-state index in [4.69, 9.17) is 5.26 Å². The molecule has 3 aromatic rings. The third-order valence-electron chi connectivity index (χ3n) is 5.32. The van der Waals surface area contributed by atoms with Crippen molar-refractivity contribution in [3.05, 3.63) is 83.4 Å². The first kappa shape index (κ1) is 17.3. The van der Waals surface area contributed by atoms with E-state index in [2.05, 4.69) is 48.5 Å². The third-order valence-corrected chi connectivity index (χ3v) is 5.32. The number of nitrogens with zero attached hydrogens (tertiary/aromatic N) is 2. The molecule has 1 fully saturated rings. The lowest BCUT2D eigenvalue weighted by molar-refractivity contribution is -0.917. The predicted molar refractivity (Wildman–Crippen MR) is 105 cm³/mol. The molecule has 1 aliphatic heterocycles. The number of fused-ring (bicyclic) bond motifs is 1. The Labute approximate surface area is 159 Å². The minimum absolute atomic E-state index is 0.0244. The largest absolute Gasteiger partial charge is 0.328 e. The van der Waals surface area contributed by atoms with Crippen LogP contribution in [-0.4, -0.2) is 37.0 Å². The maximum Gasteiger partial charge on any atom is 0.254 e. The number of amides is 1. The minimum atomic E-state index is 0.0244. The lowest BCUT2D eigenvalue weighted by Crippen LogP contribution is -3.13. The highest BCUT2D eigenvalue weighted by molar-refractivity contribution is 5.94. The fourth-order valence-corrected chi connectivity index (χ4v) is 3.82. The second kappa shape index (κ2) is 7.61. The summed E-state index contributed by atoms with van der Waals surface area (Å²) in [4.78, 5) is 16.1. The molecule has 0 spiro atoms. The highest BCUT2D eigenvalue weighted by atomic mass is 16.2. The Kier molecular flexibility index (Phi) is 4.86. The number of rotatable bonds is 3. The van der Waals surface area contributed by atoms with E-state index in [0.29, 0.717) is 11.1 Å². The van der Waals surface area contributed by atoms with Gasteiger partial charge in [0.15, 0.2) is 0 Å². The van der Waals surface area contributed by atoms with E-state index in [-0.39, 0.29) is 5.91 Å². The monoisotopic (exact) mass is 356 g/mol. The van der Waals surface area contributed by atoms with Gasteiger partial charge in [-0.15, -0.1) is 0 Å². The zero-order valence-corrected chi connectivity index (χ0v) is 15.2. The molecule has 1 aliphatic rings. The molecule has 0 radical (unpaired) electrons. The molecule has 0 atom stereocenters. The summed E-state index contributed by atoms with van der Waals surface area (Å²) in [5.74, 6) is 0.0244. The molecule has 4 rings (SSSR count). The van der Waals surface area contributed by atoms with Gasteiger partial charge >= 0.3 is 0 Å². The number of nitriles is 1. The zero-order valence-electron chi connectivity index (χ0n) is 15.2. The van der Waals surface area contributed by atoms with E-state index >= 15 is 0 Å². The number of carbonyl (C=O) groups excluding carboxylic acids is 1. The van der Waals surface area contributed by atoms with Crippen LogP contribution >= 0.6 is 0 Å². The summed E-state index contributed by atoms with van der Waals surface area (Å²) >= 11 is 0. The summed E-state index contributed by atoms with van der Waals surface area (Å²) in [5, 5.41) is 11.6. The Morgan fingerprint density at radius 2 is 1.74 bits per heavy atom. The second-order valence-electron chi connectivity index (χ2n) is 7.05. The van der Waals surface area contributed by atoms with Gasteiger partial charge < -0.3 is 9.80 Å². The van der Waals surface area contributed by atoms with Crippen LogP contribution in [0.4, 0.5) is 0 Å². The van der Waals surface area contributed by atoms with E-state index in [1.54, 1.807) is 24.3 Å². The third kappa shape index (κ3) is 3.69. The van der Waals surface area contributed by atoms with E-state index in [1.165, 1.54) is 21.2 Å². The molecule has 1 heterocycles. The quantitative estimate of drug-likeness (QED) is 0.783. The number of hydrogen-bond donors (Lipinski definition) is 1. The van der Waals surface area contributed by atoms with Crippen molar-refractivity contribution in [2.45, 2.75) is 6.54 Å². The van der Waals surface area contributed by atoms with Crippen LogP contribution in [0.3, 0.4) is 0 Å². The number of carbonyl (C=O) groups is 1. The first-order chi connectivity index (χ1) is 13.2. The predicted octanol–water partition coefficient (Wildman–Crippen LogP) is 2.25. The van der Waals surface area contributed by atoms with E-state index in [9.17, 15) is 4.79 Å². The van der Waals surface area contributed by atoms with Gasteiger partial charge in [0.05, 0.1) is 37.8 Å². The molecule has 0 aliphatic carbocycles. The number of hydrogen-bond acceptors (Lipinski definition) is 2. The van der Waals surface area contributed by atoms with Crippen LogP contribution in [0.5, 0.6) is 0 Å². The van der Waals surface area contributed by atoms with Gasteiger partial charge in [-0.2, -0.15) is 5.26 Å². The normalized spacial score (nSPS) is 14.9. The number of quaternary nitrogens is 1. The van der Waals surface area contributed by atoms with Gasteiger partial charge in [0.2, 0.25) is 0 Å². The average molecular weight is 356 g/mol. The summed E-state index contributed by atoms with van der Waals surface area (Å²) < 4.78 is 0. The van der Waals surface area contributed by atoms with Crippen LogP contribution in [0.2, 0.25) is 0 Å². The van der Waals surface area contributed by atoms with Crippen LogP contribution in [0, 0.1) is 11.3 Å². The zero-order chi connectivity index (χ0) is 18.6. The van der Waals surface area contributed by atoms with Gasteiger partial charge in [-0.25, -0.2) is 0 Å². The number of nitrogens with one attached hydrogen (secondary N) is 1. The molecule has 4 nitrogen and oxygen atoms in total. The van der Waals surface area contributed by atoms with Crippen molar-refractivity contribution in [3.8, 4) is 6.07 Å². The van der Waals surface area contributed by atoms with Crippen LogP contribution < -0.4 is 4.90 Å². The molecule has 27 heavy (non-hydrogen) atoms. The van der Waals surface area contributed by atoms with Crippen molar-refractivity contribution in [2.75, 3.05) is 26.2 Å². The van der Waals surface area contributed by atoms with Crippen LogP contribution in [0.25, 0.3) is 10.8 Å². The Morgan fingerprint density at radius 1 is 1.00 bits per heavy atom. The maximum atomic E-state index is 12.7. The van der Waals surface area contributed by atoms with E-state index < -0.39 is 0 Å². The molecule has 4 heteroatoms. The summed E-state index contributed by atoms with van der Waals surface area (Å²) in [6, 6.07) is 24.1. The van der Waals surface area contributed by atoms with Crippen molar-refractivity contribution >= 4 is 16.7 Å². The van der Waals surface area contributed by atoms with Gasteiger partial charge in [0.25, 0.3) is 5.91 Å². The van der Waals surface area contributed by atoms with Crippen LogP contribution in [-0.2, 0) is 6.54 Å². The standard InChI is InChI=1S/C23H21N3O/c24-16-18-5-3-8-20(15-18)23(27)26-13-11-25(12-14-26)17-21-9-4-7-19-6-1-2-10-22(19)21/h1-10,15H,11-14,17H2/p+1. The molecule has 0 saturated carbocycles. The highest BCUT2D eigenvalue weighted by Gasteiger charge is 2.25. The Balaban J connectivity index is 1.41. The first-order valence-corrected chi connectivity index (χ1v) is 9.34. The molecular weight excluding hydrogens is 334 g/mol. The fraction of sp³-hybridized carbons (Fsp3) is 0.217. The molecule has 1 amide bonds. The van der Waals surface area contributed by atoms with Gasteiger partial charge in [0.1, 0.15) is 6.54 Å². The van der Waals surface area contributed by atoms with Gasteiger partial charge in [-0.3, -0.25) is 4.79 Å². The minimum Gasteiger partial charge on any atom is -0.328 e. The topological polar surface area (TPSA) is 48.5 Å². The summed E-state index contributed by atoms with van der Waals surface area (Å²) in [6.07, 6.45) is 0. The van der Waals surface area contributed by atoms with Gasteiger partial charge in [0, 0.05) is 11.1 Å². The fourth-order valence-electron chi connectivity index (χ4n) is 3.82.